The highest BCUT2D eigenvalue weighted by Gasteiger charge is 2.13. The molecule has 0 saturated heterocycles. The van der Waals surface area contributed by atoms with Gasteiger partial charge in [0.1, 0.15) is 7.85 Å². The van der Waals surface area contributed by atoms with Gasteiger partial charge in [-0.1, -0.05) is 34.9 Å². The zero-order valence-electron chi connectivity index (χ0n) is 8.40. The monoisotopic (exact) mass is 199 g/mol. The van der Waals surface area contributed by atoms with Crippen molar-refractivity contribution < 1.29 is 9.63 Å². The molecule has 0 spiro atoms. The summed E-state index contributed by atoms with van der Waals surface area (Å²) >= 11 is 0. The topological polar surface area (TPSA) is 46.3 Å². The van der Waals surface area contributed by atoms with Crippen LogP contribution in [0.5, 0.6) is 0 Å². The van der Waals surface area contributed by atoms with Gasteiger partial charge in [0.15, 0.2) is 5.76 Å². The highest BCUT2D eigenvalue weighted by atomic mass is 16.5. The smallest absolute Gasteiger partial charge is 0.172 e. The number of aryl methyl sites for hydroxylation is 1. The predicted molar refractivity (Wildman–Crippen MR) is 58.0 cm³/mol. The number of hydrogen-bond acceptors (Lipinski definition) is 3. The van der Waals surface area contributed by atoms with Crippen LogP contribution in [-0.2, 0) is 6.61 Å². The van der Waals surface area contributed by atoms with Gasteiger partial charge in [-0.05, 0) is 6.92 Å². The summed E-state index contributed by atoms with van der Waals surface area (Å²) in [7, 11) is 5.58. The summed E-state index contributed by atoms with van der Waals surface area (Å²) in [4.78, 5) is 0. The molecule has 2 aromatic rings. The van der Waals surface area contributed by atoms with Crippen molar-refractivity contribution in [2.75, 3.05) is 0 Å². The van der Waals surface area contributed by atoms with Crippen molar-refractivity contribution in [3.63, 3.8) is 0 Å². The summed E-state index contributed by atoms with van der Waals surface area (Å²) in [6.07, 6.45) is 0. The van der Waals surface area contributed by atoms with Crippen LogP contribution >= 0.6 is 0 Å². The highest BCUT2D eigenvalue weighted by molar-refractivity contribution is 6.32. The van der Waals surface area contributed by atoms with E-state index in [1.807, 2.05) is 12.1 Å². The fourth-order valence-electron chi connectivity index (χ4n) is 1.44. The molecule has 3 nitrogen and oxygen atoms in total. The molecule has 0 aliphatic heterocycles. The molecule has 0 saturated carbocycles. The SMILES string of the molecule is [B]c1ccc(-c2onc(C)c2CO)cc1. The van der Waals surface area contributed by atoms with Crippen LogP contribution in [0.2, 0.25) is 0 Å². The Labute approximate surface area is 89.1 Å². The van der Waals surface area contributed by atoms with E-state index in [1.165, 1.54) is 0 Å². The average Bonchev–Trinajstić information content (AvgIpc) is 2.61. The van der Waals surface area contributed by atoms with Gasteiger partial charge < -0.3 is 9.63 Å². The van der Waals surface area contributed by atoms with E-state index >= 15 is 0 Å². The lowest BCUT2D eigenvalue weighted by Crippen LogP contribution is -1.99. The van der Waals surface area contributed by atoms with Crippen LogP contribution in [-0.4, -0.2) is 18.1 Å². The zero-order valence-corrected chi connectivity index (χ0v) is 8.40. The molecule has 1 aromatic heterocycles. The molecule has 2 radical (unpaired) electrons. The van der Waals surface area contributed by atoms with Crippen molar-refractivity contribution in [3.05, 3.63) is 35.5 Å². The van der Waals surface area contributed by atoms with Gasteiger partial charge in [0.25, 0.3) is 0 Å². The van der Waals surface area contributed by atoms with Gasteiger partial charge in [0.05, 0.1) is 12.3 Å². The molecule has 0 atom stereocenters. The predicted octanol–water partition coefficient (Wildman–Crippen LogP) is 0.936. The van der Waals surface area contributed by atoms with E-state index in [2.05, 4.69) is 5.16 Å². The third kappa shape index (κ3) is 1.81. The molecule has 0 aliphatic carbocycles. The maximum Gasteiger partial charge on any atom is 0.172 e. The van der Waals surface area contributed by atoms with Gasteiger partial charge in [0.2, 0.25) is 0 Å². The molecule has 0 fully saturated rings. The minimum absolute atomic E-state index is 0.0744. The Kier molecular flexibility index (Phi) is 2.60. The van der Waals surface area contributed by atoms with Gasteiger partial charge in [-0.3, -0.25) is 0 Å². The lowest BCUT2D eigenvalue weighted by atomic mass is 9.94. The van der Waals surface area contributed by atoms with Crippen molar-refractivity contribution in [1.29, 1.82) is 0 Å². The Bertz CT molecular complexity index is 462. The Morgan fingerprint density at radius 2 is 2.00 bits per heavy atom. The normalized spacial score (nSPS) is 10.5. The van der Waals surface area contributed by atoms with Crippen LogP contribution in [0.25, 0.3) is 11.3 Å². The third-order valence-electron chi connectivity index (χ3n) is 2.32. The molecular formula is C11H10BNO2. The van der Waals surface area contributed by atoms with Crippen LogP contribution in [0.4, 0.5) is 0 Å². The number of benzene rings is 1. The average molecular weight is 199 g/mol. The second-order valence-electron chi connectivity index (χ2n) is 3.36. The molecule has 1 aromatic carbocycles. The van der Waals surface area contributed by atoms with Gasteiger partial charge in [0, 0.05) is 11.1 Å². The molecule has 0 unspecified atom stereocenters. The van der Waals surface area contributed by atoms with Gasteiger partial charge in [-0.2, -0.15) is 0 Å². The third-order valence-corrected chi connectivity index (χ3v) is 2.32. The molecule has 1 N–H and O–H groups in total. The van der Waals surface area contributed by atoms with Crippen LogP contribution in [0, 0.1) is 6.92 Å². The molecule has 0 aliphatic rings. The van der Waals surface area contributed by atoms with Crippen LogP contribution in [0.3, 0.4) is 0 Å². The van der Waals surface area contributed by atoms with Crippen molar-refractivity contribution >= 4 is 13.3 Å². The quantitative estimate of drug-likeness (QED) is 0.732. The van der Waals surface area contributed by atoms with Crippen LogP contribution in [0.15, 0.2) is 28.8 Å². The van der Waals surface area contributed by atoms with E-state index in [0.29, 0.717) is 16.9 Å². The van der Waals surface area contributed by atoms with E-state index in [4.69, 9.17) is 12.4 Å². The number of aliphatic hydroxyl groups is 1. The first-order valence-electron chi connectivity index (χ1n) is 4.64. The van der Waals surface area contributed by atoms with Crippen molar-refractivity contribution in [2.24, 2.45) is 0 Å². The second-order valence-corrected chi connectivity index (χ2v) is 3.36. The molecular weight excluding hydrogens is 189 g/mol. The summed E-state index contributed by atoms with van der Waals surface area (Å²) in [6, 6.07) is 7.26. The Balaban J connectivity index is 2.49. The van der Waals surface area contributed by atoms with Gasteiger partial charge >= 0.3 is 0 Å². The summed E-state index contributed by atoms with van der Waals surface area (Å²) in [5.41, 5.74) is 3.00. The lowest BCUT2D eigenvalue weighted by molar-refractivity contribution is 0.281. The van der Waals surface area contributed by atoms with Crippen LogP contribution in [0.1, 0.15) is 11.3 Å². The minimum atomic E-state index is -0.0744. The second kappa shape index (κ2) is 3.91. The van der Waals surface area contributed by atoms with Gasteiger partial charge in [-0.25, -0.2) is 0 Å². The largest absolute Gasteiger partial charge is 0.391 e. The maximum atomic E-state index is 9.18. The van der Waals surface area contributed by atoms with E-state index in [-0.39, 0.29) is 6.61 Å². The molecule has 15 heavy (non-hydrogen) atoms. The first kappa shape index (κ1) is 9.99. The van der Waals surface area contributed by atoms with Crippen molar-refractivity contribution in [2.45, 2.75) is 13.5 Å². The molecule has 4 heteroatoms. The Hall–Kier alpha value is -1.55. The lowest BCUT2D eigenvalue weighted by Gasteiger charge is -1.99. The Morgan fingerprint density at radius 3 is 2.60 bits per heavy atom. The fourth-order valence-corrected chi connectivity index (χ4v) is 1.44. The Morgan fingerprint density at radius 1 is 1.33 bits per heavy atom. The van der Waals surface area contributed by atoms with Crippen LogP contribution < -0.4 is 5.46 Å². The molecule has 1 heterocycles. The first-order valence-corrected chi connectivity index (χ1v) is 4.64. The zero-order chi connectivity index (χ0) is 10.8. The standard InChI is InChI=1S/C11H10BNO2/c1-7-10(6-14)11(15-13-7)8-2-4-9(12)5-3-8/h2-5,14H,6H2,1H3. The number of aliphatic hydroxyl groups excluding tert-OH is 1. The fraction of sp³-hybridized carbons (Fsp3) is 0.182. The highest BCUT2D eigenvalue weighted by Crippen LogP contribution is 2.25. The summed E-state index contributed by atoms with van der Waals surface area (Å²) in [5, 5.41) is 13.0. The minimum Gasteiger partial charge on any atom is -0.391 e. The van der Waals surface area contributed by atoms with Crippen molar-refractivity contribution in [3.8, 4) is 11.3 Å². The number of aromatic nitrogens is 1. The van der Waals surface area contributed by atoms with Crippen molar-refractivity contribution in [1.82, 2.24) is 5.16 Å². The molecule has 0 bridgehead atoms. The molecule has 74 valence electrons. The van der Waals surface area contributed by atoms with E-state index < -0.39 is 0 Å². The summed E-state index contributed by atoms with van der Waals surface area (Å²) in [6.45, 7) is 1.73. The van der Waals surface area contributed by atoms with Gasteiger partial charge in [-0.15, -0.1) is 0 Å². The van der Waals surface area contributed by atoms with E-state index in [1.54, 1.807) is 19.1 Å². The molecule has 0 amide bonds. The number of nitrogens with zero attached hydrogens (tertiary/aromatic N) is 1. The summed E-state index contributed by atoms with van der Waals surface area (Å²) < 4.78 is 5.16. The van der Waals surface area contributed by atoms with E-state index in [9.17, 15) is 5.11 Å². The first-order chi connectivity index (χ1) is 7.22. The summed E-state index contributed by atoms with van der Waals surface area (Å²) in [5.74, 6) is 0.606. The number of rotatable bonds is 2. The maximum absolute atomic E-state index is 9.18. The van der Waals surface area contributed by atoms with E-state index in [0.717, 1.165) is 11.1 Å². The number of hydrogen-bond donors (Lipinski definition) is 1. The molecule has 2 rings (SSSR count).